The summed E-state index contributed by atoms with van der Waals surface area (Å²) < 4.78 is 0. The van der Waals surface area contributed by atoms with E-state index in [-0.39, 0.29) is 18.3 Å². The van der Waals surface area contributed by atoms with E-state index in [1.807, 2.05) is 4.90 Å². The van der Waals surface area contributed by atoms with Crippen LogP contribution < -0.4 is 5.32 Å². The zero-order chi connectivity index (χ0) is 8.43. The molecule has 0 aliphatic carbocycles. The zero-order valence-corrected chi connectivity index (χ0v) is 8.65. The summed E-state index contributed by atoms with van der Waals surface area (Å²) in [7, 11) is 0. The van der Waals surface area contributed by atoms with Gasteiger partial charge in [-0.15, -0.1) is 12.4 Å². The van der Waals surface area contributed by atoms with E-state index in [4.69, 9.17) is 0 Å². The molecule has 0 aromatic heterocycles. The molecule has 12 heavy (non-hydrogen) atoms. The lowest BCUT2D eigenvalue weighted by molar-refractivity contribution is -0.130. The van der Waals surface area contributed by atoms with E-state index in [0.29, 0.717) is 12.1 Å². The van der Waals surface area contributed by atoms with Crippen molar-refractivity contribution in [1.82, 2.24) is 10.2 Å². The Kier molecular flexibility index (Phi) is 4.57. The molecular weight excluding hydrogens is 176 g/mol. The molecule has 2 atom stereocenters. The van der Waals surface area contributed by atoms with E-state index in [1.54, 1.807) is 6.92 Å². The molecule has 1 fully saturated rings. The summed E-state index contributed by atoms with van der Waals surface area (Å²) in [5.74, 6) is 0.185. The van der Waals surface area contributed by atoms with E-state index in [0.717, 1.165) is 13.1 Å². The molecule has 1 heterocycles. The van der Waals surface area contributed by atoms with Crippen molar-refractivity contribution in [2.75, 3.05) is 13.1 Å². The Bertz CT molecular complexity index is 153. The largest absolute Gasteiger partial charge is 0.340 e. The van der Waals surface area contributed by atoms with Gasteiger partial charge in [0.15, 0.2) is 0 Å². The molecule has 0 spiro atoms. The van der Waals surface area contributed by atoms with Crippen LogP contribution >= 0.6 is 12.4 Å². The van der Waals surface area contributed by atoms with Gasteiger partial charge < -0.3 is 10.2 Å². The number of carbonyl (C=O) groups is 1. The highest BCUT2D eigenvalue weighted by Crippen LogP contribution is 2.03. The first kappa shape index (κ1) is 11.7. The van der Waals surface area contributed by atoms with E-state index in [2.05, 4.69) is 19.2 Å². The molecule has 1 aliphatic rings. The number of amides is 1. The molecule has 0 bridgehead atoms. The molecule has 1 saturated heterocycles. The third-order valence-electron chi connectivity index (χ3n) is 2.00. The summed E-state index contributed by atoms with van der Waals surface area (Å²) in [4.78, 5) is 12.9. The fourth-order valence-corrected chi connectivity index (χ4v) is 1.58. The third-order valence-corrected chi connectivity index (χ3v) is 2.00. The number of hydrogen-bond donors (Lipinski definition) is 1. The van der Waals surface area contributed by atoms with E-state index >= 15 is 0 Å². The molecule has 1 aliphatic heterocycles. The van der Waals surface area contributed by atoms with Crippen molar-refractivity contribution in [3.8, 4) is 0 Å². The topological polar surface area (TPSA) is 32.3 Å². The van der Waals surface area contributed by atoms with Crippen molar-refractivity contribution >= 4 is 18.3 Å². The lowest BCUT2D eigenvalue weighted by atomic mass is 10.1. The van der Waals surface area contributed by atoms with Gasteiger partial charge in [0.05, 0.1) is 0 Å². The van der Waals surface area contributed by atoms with Crippen LogP contribution in [0.15, 0.2) is 0 Å². The van der Waals surface area contributed by atoms with Crippen molar-refractivity contribution in [3.05, 3.63) is 0 Å². The first-order valence-electron chi connectivity index (χ1n) is 4.11. The van der Waals surface area contributed by atoms with E-state index in [9.17, 15) is 4.79 Å². The molecule has 0 aromatic rings. The maximum absolute atomic E-state index is 11.0. The predicted molar refractivity (Wildman–Crippen MR) is 51.6 cm³/mol. The molecule has 1 amide bonds. The van der Waals surface area contributed by atoms with Gasteiger partial charge in [-0.05, 0) is 13.8 Å². The average Bonchev–Trinajstić information content (AvgIpc) is 1.85. The Hall–Kier alpha value is -0.280. The molecular formula is C8H17ClN2O. The van der Waals surface area contributed by atoms with E-state index in [1.165, 1.54) is 0 Å². The average molecular weight is 193 g/mol. The summed E-state index contributed by atoms with van der Waals surface area (Å²) in [6.07, 6.45) is 0. The molecule has 4 heteroatoms. The summed E-state index contributed by atoms with van der Waals surface area (Å²) in [6, 6.07) is 0.866. The zero-order valence-electron chi connectivity index (χ0n) is 7.83. The number of hydrogen-bond acceptors (Lipinski definition) is 2. The summed E-state index contributed by atoms with van der Waals surface area (Å²) >= 11 is 0. The molecule has 0 saturated carbocycles. The van der Waals surface area contributed by atoms with Gasteiger partial charge in [0.25, 0.3) is 0 Å². The predicted octanol–water partition coefficient (Wildman–Crippen LogP) is 0.637. The van der Waals surface area contributed by atoms with Gasteiger partial charge in [-0.25, -0.2) is 0 Å². The first-order valence-corrected chi connectivity index (χ1v) is 4.11. The van der Waals surface area contributed by atoms with Crippen molar-refractivity contribution in [1.29, 1.82) is 0 Å². The summed E-state index contributed by atoms with van der Waals surface area (Å²) in [5.41, 5.74) is 0. The van der Waals surface area contributed by atoms with Crippen molar-refractivity contribution < 1.29 is 4.79 Å². The van der Waals surface area contributed by atoms with Crippen LogP contribution in [0.5, 0.6) is 0 Å². The van der Waals surface area contributed by atoms with Gasteiger partial charge in [-0.1, -0.05) is 0 Å². The van der Waals surface area contributed by atoms with Crippen LogP contribution in [0.4, 0.5) is 0 Å². The molecule has 1 N–H and O–H groups in total. The number of nitrogens with zero attached hydrogens (tertiary/aromatic N) is 1. The highest BCUT2D eigenvalue weighted by Gasteiger charge is 2.21. The standard InChI is InChI=1S/C8H16N2O.ClH/c1-6-4-10(8(3)11)5-7(2)9-6;/h6-7,9H,4-5H2,1-3H3;1H/t6-,7+;. The van der Waals surface area contributed by atoms with Crippen LogP contribution in [0.3, 0.4) is 0 Å². The number of piperazine rings is 1. The Morgan fingerprint density at radius 3 is 2.08 bits per heavy atom. The molecule has 72 valence electrons. The minimum Gasteiger partial charge on any atom is -0.340 e. The van der Waals surface area contributed by atoms with Crippen LogP contribution in [-0.2, 0) is 4.79 Å². The monoisotopic (exact) mass is 192 g/mol. The van der Waals surface area contributed by atoms with Gasteiger partial charge in [0.1, 0.15) is 0 Å². The van der Waals surface area contributed by atoms with Gasteiger partial charge in [0, 0.05) is 32.1 Å². The fourth-order valence-electron chi connectivity index (χ4n) is 1.58. The Balaban J connectivity index is 0.00000121. The van der Waals surface area contributed by atoms with Crippen molar-refractivity contribution in [3.63, 3.8) is 0 Å². The van der Waals surface area contributed by atoms with Gasteiger partial charge in [-0.2, -0.15) is 0 Å². The Labute approximate surface area is 79.9 Å². The minimum atomic E-state index is 0. The van der Waals surface area contributed by atoms with Gasteiger partial charge >= 0.3 is 0 Å². The highest BCUT2D eigenvalue weighted by atomic mass is 35.5. The normalized spacial score (nSPS) is 29.4. The Morgan fingerprint density at radius 2 is 1.75 bits per heavy atom. The lowest BCUT2D eigenvalue weighted by Crippen LogP contribution is -2.55. The van der Waals surface area contributed by atoms with Gasteiger partial charge in [0.2, 0.25) is 5.91 Å². The molecule has 0 aromatic carbocycles. The van der Waals surface area contributed by atoms with Crippen LogP contribution in [0.25, 0.3) is 0 Å². The summed E-state index contributed by atoms with van der Waals surface area (Å²) in [5, 5.41) is 3.37. The highest BCUT2D eigenvalue weighted by molar-refractivity contribution is 5.85. The molecule has 0 unspecified atom stereocenters. The fraction of sp³-hybridized carbons (Fsp3) is 0.875. The molecule has 1 rings (SSSR count). The van der Waals surface area contributed by atoms with Crippen molar-refractivity contribution in [2.45, 2.75) is 32.9 Å². The molecule has 0 radical (unpaired) electrons. The maximum Gasteiger partial charge on any atom is 0.219 e. The van der Waals surface area contributed by atoms with Gasteiger partial charge in [-0.3, -0.25) is 4.79 Å². The second kappa shape index (κ2) is 4.67. The van der Waals surface area contributed by atoms with Crippen LogP contribution in [-0.4, -0.2) is 36.0 Å². The van der Waals surface area contributed by atoms with Crippen LogP contribution in [0, 0.1) is 0 Å². The van der Waals surface area contributed by atoms with Crippen molar-refractivity contribution in [2.24, 2.45) is 0 Å². The van der Waals surface area contributed by atoms with Crippen LogP contribution in [0.1, 0.15) is 20.8 Å². The smallest absolute Gasteiger partial charge is 0.219 e. The van der Waals surface area contributed by atoms with Crippen LogP contribution in [0.2, 0.25) is 0 Å². The third kappa shape index (κ3) is 2.99. The number of nitrogens with one attached hydrogen (secondary N) is 1. The number of carbonyl (C=O) groups excluding carboxylic acids is 1. The second-order valence-electron chi connectivity index (χ2n) is 3.39. The SMILES string of the molecule is CC(=O)N1C[C@@H](C)N[C@@H](C)C1.Cl. The Morgan fingerprint density at radius 1 is 1.33 bits per heavy atom. The molecule has 3 nitrogen and oxygen atoms in total. The minimum absolute atomic E-state index is 0. The quantitative estimate of drug-likeness (QED) is 0.611. The number of rotatable bonds is 0. The summed E-state index contributed by atoms with van der Waals surface area (Å²) in [6.45, 7) is 7.53. The van der Waals surface area contributed by atoms with E-state index < -0.39 is 0 Å². The first-order chi connectivity index (χ1) is 5.09. The second-order valence-corrected chi connectivity index (χ2v) is 3.39. The lowest BCUT2D eigenvalue weighted by Gasteiger charge is -2.35. The maximum atomic E-state index is 11.0. The number of halogens is 1.